The lowest BCUT2D eigenvalue weighted by Gasteiger charge is -2.15. The third-order valence-corrected chi connectivity index (χ3v) is 5.34. The summed E-state index contributed by atoms with van der Waals surface area (Å²) in [6.45, 7) is 4.08. The van der Waals surface area contributed by atoms with E-state index in [2.05, 4.69) is 16.7 Å². The molecule has 5 nitrogen and oxygen atoms in total. The van der Waals surface area contributed by atoms with Crippen LogP contribution in [0.1, 0.15) is 25.3 Å². The number of nitrogens with zero attached hydrogens (tertiary/aromatic N) is 2. The molecule has 0 spiro atoms. The third kappa shape index (κ3) is 4.84. The Morgan fingerprint density at radius 1 is 1.07 bits per heavy atom. The fourth-order valence-corrected chi connectivity index (χ4v) is 4.03. The van der Waals surface area contributed by atoms with Crippen molar-refractivity contribution in [1.82, 2.24) is 0 Å². The number of hydrogen-bond donors (Lipinski definition) is 0. The van der Waals surface area contributed by atoms with Gasteiger partial charge in [-0.1, -0.05) is 41.7 Å². The molecule has 0 unspecified atom stereocenters. The molecule has 28 heavy (non-hydrogen) atoms. The first-order valence-electron chi connectivity index (χ1n) is 9.14. The van der Waals surface area contributed by atoms with Crippen LogP contribution in [-0.4, -0.2) is 18.5 Å². The minimum absolute atomic E-state index is 0.0510. The predicted octanol–water partition coefficient (Wildman–Crippen LogP) is 4.17. The molecule has 0 saturated heterocycles. The van der Waals surface area contributed by atoms with Crippen molar-refractivity contribution < 1.29 is 18.9 Å². The summed E-state index contributed by atoms with van der Waals surface area (Å²) in [6, 6.07) is 17.7. The number of anilines is 1. The van der Waals surface area contributed by atoms with Gasteiger partial charge in [0, 0.05) is 44.3 Å². The van der Waals surface area contributed by atoms with Gasteiger partial charge in [0.05, 0.1) is 6.61 Å². The lowest BCUT2D eigenvalue weighted by Crippen LogP contribution is -2.36. The molecule has 0 saturated carbocycles. The van der Waals surface area contributed by atoms with E-state index in [-0.39, 0.29) is 11.9 Å². The van der Waals surface area contributed by atoms with Gasteiger partial charge in [-0.25, -0.2) is 0 Å². The highest BCUT2D eigenvalue weighted by atomic mass is 32.1. The molecule has 0 radical (unpaired) electrons. The van der Waals surface area contributed by atoms with E-state index in [1.54, 1.807) is 23.2 Å². The zero-order valence-electron chi connectivity index (χ0n) is 16.0. The molecule has 0 aliphatic rings. The first-order chi connectivity index (χ1) is 13.6. The van der Waals surface area contributed by atoms with Crippen molar-refractivity contribution in [3.05, 3.63) is 65.8 Å². The highest BCUT2D eigenvalue weighted by molar-refractivity contribution is 7.18. The van der Waals surface area contributed by atoms with Gasteiger partial charge >= 0.3 is 5.97 Å². The Hall–Kier alpha value is -2.99. The van der Waals surface area contributed by atoms with Crippen LogP contribution in [0.3, 0.4) is 0 Å². The van der Waals surface area contributed by atoms with Crippen LogP contribution in [0.5, 0.6) is 0 Å². The van der Waals surface area contributed by atoms with Crippen LogP contribution in [0.2, 0.25) is 0 Å². The summed E-state index contributed by atoms with van der Waals surface area (Å²) >= 11 is 1.67. The fourth-order valence-electron chi connectivity index (χ4n) is 2.95. The first kappa shape index (κ1) is 19.8. The van der Waals surface area contributed by atoms with Crippen LogP contribution in [0.25, 0.3) is 16.3 Å². The average molecular weight is 396 g/mol. The number of carbonyl (C=O) groups is 2. The Labute approximate surface area is 168 Å². The van der Waals surface area contributed by atoms with E-state index in [1.165, 1.54) is 11.6 Å². The number of fused-ring (bicyclic) bond motifs is 1. The van der Waals surface area contributed by atoms with Crippen LogP contribution in [0, 0.1) is 0 Å². The number of thiazole rings is 1. The molecule has 0 fully saturated rings. The number of para-hydroxylation sites is 2. The molecule has 2 aromatic carbocycles. The lowest BCUT2D eigenvalue weighted by atomic mass is 10.3. The number of aromatic nitrogens is 1. The number of hydrogen-bond acceptors (Lipinski definition) is 4. The summed E-state index contributed by atoms with van der Waals surface area (Å²) in [5, 5.41) is 1.03. The van der Waals surface area contributed by atoms with E-state index < -0.39 is 0 Å². The summed E-state index contributed by atoms with van der Waals surface area (Å²) in [4.78, 5) is 24.7. The van der Waals surface area contributed by atoms with E-state index in [4.69, 9.17) is 4.74 Å². The SMILES string of the molecule is CC(=O)OCCC[n+]1c(/C=C/N(C(C)=O)c2ccccc2)sc2ccccc21. The van der Waals surface area contributed by atoms with E-state index in [1.807, 2.05) is 54.7 Å². The molecule has 1 heterocycles. The molecular formula is C22H23N2O3S+. The molecule has 0 bridgehead atoms. The van der Waals surface area contributed by atoms with Gasteiger partial charge < -0.3 is 4.74 Å². The summed E-state index contributed by atoms with van der Waals surface area (Å²) in [5.74, 6) is -0.315. The van der Waals surface area contributed by atoms with E-state index in [0.29, 0.717) is 6.61 Å². The minimum atomic E-state index is -0.264. The molecule has 1 aromatic heterocycles. The normalized spacial score (nSPS) is 11.1. The summed E-state index contributed by atoms with van der Waals surface area (Å²) in [7, 11) is 0. The Bertz CT molecular complexity index is 995. The molecule has 0 N–H and O–H groups in total. The first-order valence-corrected chi connectivity index (χ1v) is 9.95. The molecule has 144 valence electrons. The zero-order valence-corrected chi connectivity index (χ0v) is 16.8. The highest BCUT2D eigenvalue weighted by Gasteiger charge is 2.19. The maximum Gasteiger partial charge on any atom is 0.302 e. The number of ether oxygens (including phenoxy) is 1. The quantitative estimate of drug-likeness (QED) is 0.343. The molecule has 6 heteroatoms. The highest BCUT2D eigenvalue weighted by Crippen LogP contribution is 2.22. The summed E-state index contributed by atoms with van der Waals surface area (Å²) in [6.07, 6.45) is 4.50. The molecule has 0 aliphatic carbocycles. The maximum absolute atomic E-state index is 12.1. The van der Waals surface area contributed by atoms with Gasteiger partial charge in [0.25, 0.3) is 5.01 Å². The molecule has 3 aromatic rings. The van der Waals surface area contributed by atoms with Crippen molar-refractivity contribution in [2.45, 2.75) is 26.8 Å². The second kappa shape index (κ2) is 9.28. The van der Waals surface area contributed by atoms with Crippen LogP contribution in [0.4, 0.5) is 5.69 Å². The van der Waals surface area contributed by atoms with E-state index in [9.17, 15) is 9.59 Å². The van der Waals surface area contributed by atoms with Crippen molar-refractivity contribution in [3.8, 4) is 0 Å². The summed E-state index contributed by atoms with van der Waals surface area (Å²) in [5.41, 5.74) is 1.96. The van der Waals surface area contributed by atoms with Crippen LogP contribution >= 0.6 is 11.3 Å². The van der Waals surface area contributed by atoms with E-state index in [0.717, 1.165) is 29.2 Å². The van der Waals surface area contributed by atoms with E-state index >= 15 is 0 Å². The molecule has 0 aliphatic heterocycles. The van der Waals surface area contributed by atoms with Gasteiger partial charge in [-0.15, -0.1) is 0 Å². The van der Waals surface area contributed by atoms with Crippen LogP contribution in [0.15, 0.2) is 60.8 Å². The summed E-state index contributed by atoms with van der Waals surface area (Å²) < 4.78 is 8.43. The Morgan fingerprint density at radius 2 is 1.79 bits per heavy atom. The lowest BCUT2D eigenvalue weighted by molar-refractivity contribution is -0.669. The second-order valence-corrected chi connectivity index (χ2v) is 7.36. The molecule has 0 atom stereocenters. The van der Waals surface area contributed by atoms with Crippen LogP contribution < -0.4 is 9.47 Å². The van der Waals surface area contributed by atoms with Crippen molar-refractivity contribution in [2.75, 3.05) is 11.5 Å². The standard InChI is InChI=1S/C22H23N2O3S/c1-17(25)23(19-9-4-3-5-10-19)15-13-22-24(14-8-16-27-18(2)26)20-11-6-7-12-21(20)28-22/h3-7,9-13,15H,8,14,16H2,1-2H3/q+1. The number of carbonyl (C=O) groups excluding carboxylic acids is 2. The van der Waals surface area contributed by atoms with Gasteiger partial charge in [0.2, 0.25) is 11.4 Å². The van der Waals surface area contributed by atoms with Crippen molar-refractivity contribution >= 4 is 45.2 Å². The second-order valence-electron chi connectivity index (χ2n) is 6.29. The number of amides is 1. The largest absolute Gasteiger partial charge is 0.466 e. The van der Waals surface area contributed by atoms with Crippen molar-refractivity contribution in [1.29, 1.82) is 0 Å². The Morgan fingerprint density at radius 3 is 2.50 bits per heavy atom. The Kier molecular flexibility index (Phi) is 6.55. The number of esters is 1. The number of benzene rings is 2. The zero-order chi connectivity index (χ0) is 19.9. The minimum Gasteiger partial charge on any atom is -0.466 e. The monoisotopic (exact) mass is 395 g/mol. The molecule has 1 amide bonds. The Balaban J connectivity index is 1.88. The van der Waals surface area contributed by atoms with Gasteiger partial charge in [-0.3, -0.25) is 14.5 Å². The third-order valence-electron chi connectivity index (χ3n) is 4.21. The van der Waals surface area contributed by atoms with Gasteiger partial charge in [-0.2, -0.15) is 4.57 Å². The average Bonchev–Trinajstić information content (AvgIpc) is 3.03. The van der Waals surface area contributed by atoms with Gasteiger partial charge in [-0.05, 0) is 18.2 Å². The predicted molar refractivity (Wildman–Crippen MR) is 112 cm³/mol. The smallest absolute Gasteiger partial charge is 0.302 e. The molecule has 3 rings (SSSR count). The number of aryl methyl sites for hydroxylation is 1. The fraction of sp³-hybridized carbons (Fsp3) is 0.227. The van der Waals surface area contributed by atoms with Crippen molar-refractivity contribution in [3.63, 3.8) is 0 Å². The number of rotatable bonds is 7. The topological polar surface area (TPSA) is 50.5 Å². The maximum atomic E-state index is 12.1. The van der Waals surface area contributed by atoms with Gasteiger partial charge in [0.1, 0.15) is 4.70 Å². The van der Waals surface area contributed by atoms with Crippen LogP contribution in [-0.2, 0) is 20.9 Å². The van der Waals surface area contributed by atoms with Gasteiger partial charge in [0.15, 0.2) is 6.54 Å². The molecular weight excluding hydrogens is 372 g/mol. The van der Waals surface area contributed by atoms with Crippen molar-refractivity contribution in [2.24, 2.45) is 0 Å².